The van der Waals surface area contributed by atoms with E-state index in [9.17, 15) is 9.59 Å². The van der Waals surface area contributed by atoms with Crippen molar-refractivity contribution >= 4 is 22.7 Å². The van der Waals surface area contributed by atoms with Crippen LogP contribution in [0.3, 0.4) is 0 Å². The predicted octanol–water partition coefficient (Wildman–Crippen LogP) is 3.13. The molecule has 1 unspecified atom stereocenters. The van der Waals surface area contributed by atoms with Gasteiger partial charge in [0.25, 0.3) is 5.91 Å². The largest absolute Gasteiger partial charge is 0.350 e. The number of hydrogen-bond donors (Lipinski definition) is 2. The maximum absolute atomic E-state index is 12.4. The van der Waals surface area contributed by atoms with Crippen molar-refractivity contribution in [2.75, 3.05) is 0 Å². The molecule has 0 aliphatic rings. The van der Waals surface area contributed by atoms with Crippen LogP contribution in [-0.2, 0) is 11.8 Å². The minimum atomic E-state index is -0.322. The number of rotatable bonds is 4. The zero-order valence-corrected chi connectivity index (χ0v) is 14.3. The van der Waals surface area contributed by atoms with Gasteiger partial charge in [0.05, 0.1) is 5.56 Å². The van der Waals surface area contributed by atoms with Crippen LogP contribution in [0.2, 0.25) is 0 Å². The molecule has 2 N–H and O–H groups in total. The van der Waals surface area contributed by atoms with Gasteiger partial charge in [0.1, 0.15) is 0 Å². The number of nitrogens with one attached hydrogen (secondary N) is 2. The summed E-state index contributed by atoms with van der Waals surface area (Å²) < 4.78 is 1.89. The van der Waals surface area contributed by atoms with Gasteiger partial charge in [-0.1, -0.05) is 55.5 Å². The minimum Gasteiger partial charge on any atom is -0.350 e. The molecule has 3 rings (SSSR count). The number of amides is 2. The van der Waals surface area contributed by atoms with Crippen LogP contribution in [0.1, 0.15) is 35.2 Å². The molecule has 0 radical (unpaired) electrons. The van der Waals surface area contributed by atoms with Gasteiger partial charge in [0.15, 0.2) is 0 Å². The van der Waals surface area contributed by atoms with Gasteiger partial charge in [-0.05, 0) is 17.5 Å². The summed E-state index contributed by atoms with van der Waals surface area (Å²) in [5.74, 6) is -0.460. The van der Waals surface area contributed by atoms with Gasteiger partial charge < -0.3 is 4.57 Å². The van der Waals surface area contributed by atoms with Crippen LogP contribution in [0, 0.1) is 0 Å². The van der Waals surface area contributed by atoms with Crippen LogP contribution in [0.4, 0.5) is 0 Å². The number of nitrogens with zero attached hydrogens (tertiary/aromatic N) is 1. The van der Waals surface area contributed by atoms with Crippen molar-refractivity contribution in [2.24, 2.45) is 7.05 Å². The van der Waals surface area contributed by atoms with Gasteiger partial charge in [-0.2, -0.15) is 0 Å². The number of fused-ring (bicyclic) bond motifs is 1. The molecule has 1 heterocycles. The molecule has 3 aromatic rings. The SMILES string of the molecule is CC(CC(=O)NNC(=O)c1cn(C)c2ccccc12)c1ccccc1. The van der Waals surface area contributed by atoms with Gasteiger partial charge in [-0.25, -0.2) is 0 Å². The first-order chi connectivity index (χ1) is 12.1. The molecule has 5 heteroatoms. The number of carbonyl (C=O) groups is 2. The summed E-state index contributed by atoms with van der Waals surface area (Å²) in [5, 5.41) is 0.856. The summed E-state index contributed by atoms with van der Waals surface area (Å²) in [5.41, 5.74) is 7.62. The van der Waals surface area contributed by atoms with E-state index in [0.29, 0.717) is 12.0 Å². The number of hydrogen-bond acceptors (Lipinski definition) is 2. The number of hydrazine groups is 1. The monoisotopic (exact) mass is 335 g/mol. The average Bonchev–Trinajstić information content (AvgIpc) is 2.98. The predicted molar refractivity (Wildman–Crippen MR) is 98.0 cm³/mol. The molecule has 0 aliphatic heterocycles. The van der Waals surface area contributed by atoms with Gasteiger partial charge in [-0.3, -0.25) is 20.4 Å². The first kappa shape index (κ1) is 16.8. The molecule has 5 nitrogen and oxygen atoms in total. The van der Waals surface area contributed by atoms with E-state index < -0.39 is 0 Å². The van der Waals surface area contributed by atoms with Crippen molar-refractivity contribution in [3.05, 3.63) is 71.9 Å². The molecule has 1 aromatic heterocycles. The second-order valence-electron chi connectivity index (χ2n) is 6.19. The lowest BCUT2D eigenvalue weighted by Gasteiger charge is -2.12. The van der Waals surface area contributed by atoms with Gasteiger partial charge in [0.2, 0.25) is 5.91 Å². The number of carbonyl (C=O) groups excluding carboxylic acids is 2. The Kier molecular flexibility index (Phi) is 4.84. The minimum absolute atomic E-state index is 0.0793. The number of para-hydroxylation sites is 1. The van der Waals surface area contributed by atoms with Crippen LogP contribution in [0.15, 0.2) is 60.8 Å². The average molecular weight is 335 g/mol. The van der Waals surface area contributed by atoms with Crippen molar-refractivity contribution in [2.45, 2.75) is 19.3 Å². The maximum Gasteiger partial charge on any atom is 0.271 e. The third-order valence-electron chi connectivity index (χ3n) is 4.32. The molecular weight excluding hydrogens is 314 g/mol. The fourth-order valence-corrected chi connectivity index (χ4v) is 2.94. The highest BCUT2D eigenvalue weighted by molar-refractivity contribution is 6.07. The molecule has 0 spiro atoms. The summed E-state index contributed by atoms with van der Waals surface area (Å²) in [6.07, 6.45) is 2.07. The van der Waals surface area contributed by atoms with E-state index in [2.05, 4.69) is 10.9 Å². The maximum atomic E-state index is 12.4. The molecule has 0 bridgehead atoms. The highest BCUT2D eigenvalue weighted by Gasteiger charge is 2.15. The van der Waals surface area contributed by atoms with Crippen molar-refractivity contribution in [3.63, 3.8) is 0 Å². The van der Waals surface area contributed by atoms with E-state index in [-0.39, 0.29) is 17.7 Å². The van der Waals surface area contributed by atoms with Gasteiger partial charge in [-0.15, -0.1) is 0 Å². The van der Waals surface area contributed by atoms with E-state index in [4.69, 9.17) is 0 Å². The lowest BCUT2D eigenvalue weighted by molar-refractivity contribution is -0.122. The van der Waals surface area contributed by atoms with Gasteiger partial charge >= 0.3 is 0 Å². The Morgan fingerprint density at radius 2 is 1.68 bits per heavy atom. The quantitative estimate of drug-likeness (QED) is 0.720. The van der Waals surface area contributed by atoms with Gasteiger partial charge in [0, 0.05) is 30.6 Å². The first-order valence-corrected chi connectivity index (χ1v) is 8.24. The lowest BCUT2D eigenvalue weighted by Crippen LogP contribution is -2.41. The van der Waals surface area contributed by atoms with Crippen molar-refractivity contribution < 1.29 is 9.59 Å². The van der Waals surface area contributed by atoms with Crippen LogP contribution in [-0.4, -0.2) is 16.4 Å². The molecule has 0 saturated carbocycles. The van der Waals surface area contributed by atoms with Crippen molar-refractivity contribution in [1.82, 2.24) is 15.4 Å². The zero-order chi connectivity index (χ0) is 17.8. The molecule has 2 aromatic carbocycles. The van der Waals surface area contributed by atoms with E-state index in [0.717, 1.165) is 16.5 Å². The highest BCUT2D eigenvalue weighted by atomic mass is 16.2. The third-order valence-corrected chi connectivity index (χ3v) is 4.32. The molecule has 0 saturated heterocycles. The number of aryl methyl sites for hydroxylation is 1. The Morgan fingerprint density at radius 1 is 1.00 bits per heavy atom. The second kappa shape index (κ2) is 7.21. The van der Waals surface area contributed by atoms with Crippen LogP contribution in [0.25, 0.3) is 10.9 Å². The Bertz CT molecular complexity index is 900. The number of benzene rings is 2. The Hall–Kier alpha value is -3.08. The molecule has 1 atom stereocenters. The molecule has 0 aliphatic carbocycles. The summed E-state index contributed by atoms with van der Waals surface area (Å²) in [4.78, 5) is 24.5. The normalized spacial score (nSPS) is 11.9. The zero-order valence-electron chi connectivity index (χ0n) is 14.3. The summed E-state index contributed by atoms with van der Waals surface area (Å²) in [6, 6.07) is 17.5. The number of aromatic nitrogens is 1. The molecule has 25 heavy (non-hydrogen) atoms. The molecular formula is C20H21N3O2. The molecule has 2 amide bonds. The first-order valence-electron chi connectivity index (χ1n) is 8.24. The second-order valence-corrected chi connectivity index (χ2v) is 6.19. The highest BCUT2D eigenvalue weighted by Crippen LogP contribution is 2.20. The molecule has 128 valence electrons. The Balaban J connectivity index is 1.61. The standard InChI is InChI=1S/C20H21N3O2/c1-14(15-8-4-3-5-9-15)12-19(24)21-22-20(25)17-13-23(2)18-11-7-6-10-16(17)18/h3-11,13-14H,12H2,1-2H3,(H,21,24)(H,22,25). The fraction of sp³-hybridized carbons (Fsp3) is 0.200. The Labute approximate surface area is 146 Å². The lowest BCUT2D eigenvalue weighted by atomic mass is 9.98. The van der Waals surface area contributed by atoms with E-state index in [1.54, 1.807) is 6.20 Å². The fourth-order valence-electron chi connectivity index (χ4n) is 2.94. The van der Waals surface area contributed by atoms with Crippen LogP contribution < -0.4 is 10.9 Å². The topological polar surface area (TPSA) is 63.1 Å². The van der Waals surface area contributed by atoms with Crippen molar-refractivity contribution in [3.8, 4) is 0 Å². The van der Waals surface area contributed by atoms with E-state index >= 15 is 0 Å². The van der Waals surface area contributed by atoms with E-state index in [1.165, 1.54) is 0 Å². The smallest absolute Gasteiger partial charge is 0.271 e. The summed E-state index contributed by atoms with van der Waals surface area (Å²) in [6.45, 7) is 1.99. The Morgan fingerprint density at radius 3 is 2.44 bits per heavy atom. The van der Waals surface area contributed by atoms with Crippen LogP contribution in [0.5, 0.6) is 0 Å². The summed E-state index contributed by atoms with van der Waals surface area (Å²) >= 11 is 0. The molecule has 0 fully saturated rings. The summed E-state index contributed by atoms with van der Waals surface area (Å²) in [7, 11) is 1.89. The van der Waals surface area contributed by atoms with Crippen LogP contribution >= 0.6 is 0 Å². The third kappa shape index (κ3) is 3.71. The van der Waals surface area contributed by atoms with E-state index in [1.807, 2.05) is 73.1 Å². The van der Waals surface area contributed by atoms with Crippen molar-refractivity contribution in [1.29, 1.82) is 0 Å².